The molecular formula is C14H12Br2N4O. The molecule has 0 atom stereocenters. The Morgan fingerprint density at radius 3 is 2.76 bits per heavy atom. The number of amides is 1. The molecule has 3 aromatic rings. The third kappa shape index (κ3) is 2.75. The quantitative estimate of drug-likeness (QED) is 0.690. The molecule has 0 saturated carbocycles. The van der Waals surface area contributed by atoms with Crippen LogP contribution in [-0.4, -0.2) is 33.0 Å². The first-order valence-electron chi connectivity index (χ1n) is 6.25. The zero-order valence-electron chi connectivity index (χ0n) is 11.2. The average Bonchev–Trinajstić information content (AvgIpc) is 3.08. The highest BCUT2D eigenvalue weighted by Gasteiger charge is 2.17. The van der Waals surface area contributed by atoms with Gasteiger partial charge < -0.3 is 9.88 Å². The Kier molecular flexibility index (Phi) is 3.86. The number of rotatable bonds is 3. The van der Waals surface area contributed by atoms with Crippen LogP contribution < -0.4 is 0 Å². The number of H-pyrrole nitrogens is 2. The fourth-order valence-corrected chi connectivity index (χ4v) is 2.90. The molecule has 5 nitrogen and oxygen atoms in total. The lowest BCUT2D eigenvalue weighted by atomic mass is 10.1. The zero-order chi connectivity index (χ0) is 15.0. The summed E-state index contributed by atoms with van der Waals surface area (Å²) in [5.41, 5.74) is 2.55. The fraction of sp³-hybridized carbons (Fsp3) is 0.143. The van der Waals surface area contributed by atoms with Crippen LogP contribution in [0, 0.1) is 0 Å². The number of fused-ring (bicyclic) bond motifs is 1. The van der Waals surface area contributed by atoms with E-state index in [1.807, 2.05) is 12.1 Å². The molecule has 21 heavy (non-hydrogen) atoms. The first kappa shape index (κ1) is 14.3. The molecule has 0 saturated heterocycles. The Balaban J connectivity index is 1.92. The average molecular weight is 412 g/mol. The van der Waals surface area contributed by atoms with Crippen molar-refractivity contribution in [3.05, 3.63) is 50.8 Å². The van der Waals surface area contributed by atoms with Gasteiger partial charge in [-0.1, -0.05) is 0 Å². The van der Waals surface area contributed by atoms with Crippen molar-refractivity contribution in [1.82, 2.24) is 20.1 Å². The fourth-order valence-electron chi connectivity index (χ4n) is 2.21. The van der Waals surface area contributed by atoms with Crippen molar-refractivity contribution < 1.29 is 4.79 Å². The molecule has 0 aliphatic rings. The van der Waals surface area contributed by atoms with Gasteiger partial charge in [0.2, 0.25) is 0 Å². The third-order valence-corrected chi connectivity index (χ3v) is 5.12. The van der Waals surface area contributed by atoms with Crippen molar-refractivity contribution in [2.24, 2.45) is 0 Å². The van der Waals surface area contributed by atoms with Gasteiger partial charge in [-0.3, -0.25) is 9.89 Å². The standard InChI is InChI=1S/C14H12Br2N4O/c1-20(7-8-4-18-19-5-8)14(21)10-6-17-13-3-12(16)11(15)2-9(10)13/h2-6,17H,7H2,1H3,(H,18,19). The van der Waals surface area contributed by atoms with Crippen LogP contribution in [0.2, 0.25) is 0 Å². The van der Waals surface area contributed by atoms with Crippen LogP contribution in [0.25, 0.3) is 10.9 Å². The molecule has 0 radical (unpaired) electrons. The number of hydrogen-bond acceptors (Lipinski definition) is 2. The van der Waals surface area contributed by atoms with Crippen LogP contribution in [0.1, 0.15) is 15.9 Å². The molecule has 0 bridgehead atoms. The predicted molar refractivity (Wildman–Crippen MR) is 88.1 cm³/mol. The van der Waals surface area contributed by atoms with Crippen molar-refractivity contribution >= 4 is 48.7 Å². The number of benzene rings is 1. The Bertz CT molecular complexity index is 795. The number of carbonyl (C=O) groups is 1. The Hall–Kier alpha value is -1.60. The summed E-state index contributed by atoms with van der Waals surface area (Å²) in [5.74, 6) is -0.0309. The van der Waals surface area contributed by atoms with Gasteiger partial charge in [-0.25, -0.2) is 0 Å². The molecule has 0 spiro atoms. The highest BCUT2D eigenvalue weighted by atomic mass is 79.9. The Morgan fingerprint density at radius 1 is 1.29 bits per heavy atom. The second-order valence-corrected chi connectivity index (χ2v) is 6.49. The Labute approximate surface area is 138 Å². The van der Waals surface area contributed by atoms with Crippen LogP contribution in [0.5, 0.6) is 0 Å². The maximum atomic E-state index is 12.6. The summed E-state index contributed by atoms with van der Waals surface area (Å²) in [4.78, 5) is 17.4. The minimum Gasteiger partial charge on any atom is -0.360 e. The smallest absolute Gasteiger partial charge is 0.256 e. The summed E-state index contributed by atoms with van der Waals surface area (Å²) in [6.07, 6.45) is 5.25. The molecule has 7 heteroatoms. The van der Waals surface area contributed by atoms with E-state index >= 15 is 0 Å². The van der Waals surface area contributed by atoms with E-state index < -0.39 is 0 Å². The van der Waals surface area contributed by atoms with E-state index in [0.717, 1.165) is 25.4 Å². The van der Waals surface area contributed by atoms with Gasteiger partial charge in [-0.05, 0) is 44.0 Å². The molecule has 3 rings (SSSR count). The van der Waals surface area contributed by atoms with Crippen molar-refractivity contribution in [3.8, 4) is 0 Å². The van der Waals surface area contributed by atoms with Gasteiger partial charge in [-0.15, -0.1) is 0 Å². The van der Waals surface area contributed by atoms with E-state index in [4.69, 9.17) is 0 Å². The highest BCUT2D eigenvalue weighted by Crippen LogP contribution is 2.30. The lowest BCUT2D eigenvalue weighted by molar-refractivity contribution is 0.0787. The van der Waals surface area contributed by atoms with Crippen molar-refractivity contribution in [2.45, 2.75) is 6.54 Å². The monoisotopic (exact) mass is 410 g/mol. The van der Waals surface area contributed by atoms with Crippen LogP contribution in [0.3, 0.4) is 0 Å². The molecule has 108 valence electrons. The maximum Gasteiger partial charge on any atom is 0.256 e. The molecule has 0 fully saturated rings. The van der Waals surface area contributed by atoms with Gasteiger partial charge in [0.25, 0.3) is 5.91 Å². The normalized spacial score (nSPS) is 11.0. The van der Waals surface area contributed by atoms with Gasteiger partial charge in [0, 0.05) is 51.4 Å². The van der Waals surface area contributed by atoms with E-state index in [9.17, 15) is 4.79 Å². The van der Waals surface area contributed by atoms with E-state index in [1.54, 1.807) is 30.5 Å². The van der Waals surface area contributed by atoms with Crippen molar-refractivity contribution in [3.63, 3.8) is 0 Å². The van der Waals surface area contributed by atoms with Crippen molar-refractivity contribution in [2.75, 3.05) is 7.05 Å². The number of nitrogens with zero attached hydrogens (tertiary/aromatic N) is 2. The van der Waals surface area contributed by atoms with Crippen LogP contribution in [0.4, 0.5) is 0 Å². The van der Waals surface area contributed by atoms with Crippen LogP contribution >= 0.6 is 31.9 Å². The number of hydrogen-bond donors (Lipinski definition) is 2. The molecule has 0 aliphatic carbocycles. The maximum absolute atomic E-state index is 12.6. The molecule has 0 unspecified atom stereocenters. The minimum atomic E-state index is -0.0309. The third-order valence-electron chi connectivity index (χ3n) is 3.27. The van der Waals surface area contributed by atoms with E-state index in [2.05, 4.69) is 47.0 Å². The molecular weight excluding hydrogens is 400 g/mol. The summed E-state index contributed by atoms with van der Waals surface area (Å²) in [5, 5.41) is 7.53. The summed E-state index contributed by atoms with van der Waals surface area (Å²) in [6.45, 7) is 0.514. The lowest BCUT2D eigenvalue weighted by Crippen LogP contribution is -2.25. The summed E-state index contributed by atoms with van der Waals surface area (Å²) < 4.78 is 1.86. The largest absolute Gasteiger partial charge is 0.360 e. The van der Waals surface area contributed by atoms with E-state index in [-0.39, 0.29) is 5.91 Å². The molecule has 2 N–H and O–H groups in total. The van der Waals surface area contributed by atoms with Crippen LogP contribution in [-0.2, 0) is 6.54 Å². The van der Waals surface area contributed by atoms with Crippen molar-refractivity contribution in [1.29, 1.82) is 0 Å². The van der Waals surface area contributed by atoms with Gasteiger partial charge in [0.1, 0.15) is 0 Å². The van der Waals surface area contributed by atoms with Gasteiger partial charge >= 0.3 is 0 Å². The first-order valence-corrected chi connectivity index (χ1v) is 7.84. The molecule has 2 heterocycles. The van der Waals surface area contributed by atoms with Crippen LogP contribution in [0.15, 0.2) is 39.7 Å². The van der Waals surface area contributed by atoms with Gasteiger partial charge in [0.15, 0.2) is 0 Å². The summed E-state index contributed by atoms with van der Waals surface area (Å²) in [6, 6.07) is 3.89. The summed E-state index contributed by atoms with van der Waals surface area (Å²) >= 11 is 6.93. The summed E-state index contributed by atoms with van der Waals surface area (Å²) in [7, 11) is 1.78. The Morgan fingerprint density at radius 2 is 2.05 bits per heavy atom. The number of aromatic nitrogens is 3. The predicted octanol–water partition coefficient (Wildman–Crippen LogP) is 3.69. The molecule has 1 amide bonds. The van der Waals surface area contributed by atoms with Gasteiger partial charge in [0.05, 0.1) is 11.8 Å². The number of halogens is 2. The molecule has 1 aromatic carbocycles. The van der Waals surface area contributed by atoms with E-state index in [0.29, 0.717) is 12.1 Å². The SMILES string of the molecule is CN(Cc1cn[nH]c1)C(=O)c1c[nH]c2cc(Br)c(Br)cc12. The zero-order valence-corrected chi connectivity index (χ0v) is 14.3. The number of aromatic amines is 2. The number of carbonyl (C=O) groups excluding carboxylic acids is 1. The minimum absolute atomic E-state index is 0.0309. The topological polar surface area (TPSA) is 64.8 Å². The van der Waals surface area contributed by atoms with Gasteiger partial charge in [-0.2, -0.15) is 5.10 Å². The second kappa shape index (κ2) is 5.65. The lowest BCUT2D eigenvalue weighted by Gasteiger charge is -2.15. The van der Waals surface area contributed by atoms with E-state index in [1.165, 1.54) is 0 Å². The second-order valence-electron chi connectivity index (χ2n) is 4.78. The molecule has 0 aliphatic heterocycles. The molecule has 2 aromatic heterocycles. The number of nitrogens with one attached hydrogen (secondary N) is 2. The first-order chi connectivity index (χ1) is 10.1. The highest BCUT2D eigenvalue weighted by molar-refractivity contribution is 9.13.